The van der Waals surface area contributed by atoms with Crippen LogP contribution in [0.4, 0.5) is 0 Å². The van der Waals surface area contributed by atoms with E-state index in [0.717, 1.165) is 0 Å². The predicted octanol–water partition coefficient (Wildman–Crippen LogP) is 2.88. The highest BCUT2D eigenvalue weighted by Gasteiger charge is 2.20. The molecule has 0 saturated carbocycles. The number of carboxylic acid groups (broad SMARTS) is 1. The molecule has 3 rings (SSSR count). The van der Waals surface area contributed by atoms with Gasteiger partial charge in [-0.15, -0.1) is 0 Å². The van der Waals surface area contributed by atoms with Crippen molar-refractivity contribution in [3.63, 3.8) is 0 Å². The Hall–Kier alpha value is -2.60. The molecule has 0 aliphatic rings. The van der Waals surface area contributed by atoms with Crippen molar-refractivity contribution in [2.75, 3.05) is 0 Å². The van der Waals surface area contributed by atoms with E-state index >= 15 is 0 Å². The van der Waals surface area contributed by atoms with E-state index < -0.39 is 11.6 Å². The summed E-state index contributed by atoms with van der Waals surface area (Å²) in [5.74, 6) is -1.08. The highest BCUT2D eigenvalue weighted by Crippen LogP contribution is 2.26. The molecule has 0 radical (unpaired) electrons. The topological polar surface area (TPSA) is 85.3 Å². The molecule has 7 heteroatoms. The van der Waals surface area contributed by atoms with Gasteiger partial charge in [-0.1, -0.05) is 11.6 Å². The number of hydrogen-bond acceptors (Lipinski definition) is 4. The van der Waals surface area contributed by atoms with E-state index in [2.05, 4.69) is 5.10 Å². The maximum atomic E-state index is 12.1. The minimum absolute atomic E-state index is 0.142. The van der Waals surface area contributed by atoms with E-state index in [4.69, 9.17) is 21.1 Å². The third kappa shape index (κ3) is 2.61. The fraction of sp³-hybridized carbons (Fsp3) is 0.188. The van der Waals surface area contributed by atoms with Crippen LogP contribution in [-0.4, -0.2) is 20.9 Å². The van der Waals surface area contributed by atoms with Gasteiger partial charge in [-0.05, 0) is 43.7 Å². The van der Waals surface area contributed by atoms with Crippen molar-refractivity contribution < 1.29 is 14.3 Å². The van der Waals surface area contributed by atoms with E-state index in [0.29, 0.717) is 33.1 Å². The monoisotopic (exact) mass is 332 g/mol. The highest BCUT2D eigenvalue weighted by atomic mass is 35.5. The van der Waals surface area contributed by atoms with Crippen molar-refractivity contribution in [2.24, 2.45) is 0 Å². The summed E-state index contributed by atoms with van der Waals surface area (Å²) in [5, 5.41) is 14.6. The molecular weight excluding hydrogens is 320 g/mol. The number of aromatic nitrogens is 2. The highest BCUT2D eigenvalue weighted by molar-refractivity contribution is 6.30. The van der Waals surface area contributed by atoms with Gasteiger partial charge in [-0.2, -0.15) is 9.78 Å². The van der Waals surface area contributed by atoms with Crippen LogP contribution < -0.4 is 5.63 Å². The minimum Gasteiger partial charge on any atom is -0.481 e. The van der Waals surface area contributed by atoms with Gasteiger partial charge in [0, 0.05) is 5.02 Å². The Bertz CT molecular complexity index is 970. The lowest BCUT2D eigenvalue weighted by Gasteiger charge is -2.05. The number of carbonyl (C=O) groups is 1. The largest absolute Gasteiger partial charge is 0.481 e. The summed E-state index contributed by atoms with van der Waals surface area (Å²) in [6, 6.07) is 6.94. The molecule has 0 bridgehead atoms. The average Bonchev–Trinajstić information content (AvgIpc) is 2.81. The number of rotatable bonds is 3. The molecule has 0 atom stereocenters. The van der Waals surface area contributed by atoms with Crippen LogP contribution in [0.1, 0.15) is 16.8 Å². The second-order valence-corrected chi connectivity index (χ2v) is 5.65. The Kier molecular flexibility index (Phi) is 3.69. The van der Waals surface area contributed by atoms with Crippen molar-refractivity contribution in [3.8, 4) is 5.69 Å². The van der Waals surface area contributed by atoms with Gasteiger partial charge in [0.1, 0.15) is 0 Å². The SMILES string of the molecule is Cc1nn(-c2ccc(Cl)cc2)c2oc(=O)c(CC(=O)O)c(C)c12. The predicted molar refractivity (Wildman–Crippen MR) is 85.4 cm³/mol. The standard InChI is InChI=1S/C16H13ClN2O4/c1-8-12(7-13(20)21)16(22)23-15-14(8)9(2)18-19(15)11-5-3-10(17)4-6-11/h3-6H,7H2,1-2H3,(H,20,21). The number of nitrogens with zero attached hydrogens (tertiary/aromatic N) is 2. The zero-order chi connectivity index (χ0) is 16.7. The van der Waals surface area contributed by atoms with E-state index in [1.54, 1.807) is 38.1 Å². The van der Waals surface area contributed by atoms with Crippen molar-refractivity contribution in [2.45, 2.75) is 20.3 Å². The van der Waals surface area contributed by atoms with Crippen LogP contribution in [0.5, 0.6) is 0 Å². The molecule has 0 fully saturated rings. The van der Waals surface area contributed by atoms with E-state index in [-0.39, 0.29) is 12.0 Å². The number of halogens is 1. The molecule has 118 valence electrons. The Labute approximate surface area is 135 Å². The molecule has 3 aromatic rings. The lowest BCUT2D eigenvalue weighted by atomic mass is 10.1. The van der Waals surface area contributed by atoms with Gasteiger partial charge in [0.15, 0.2) is 0 Å². The van der Waals surface area contributed by atoms with Gasteiger partial charge < -0.3 is 9.52 Å². The van der Waals surface area contributed by atoms with Crippen molar-refractivity contribution in [3.05, 3.63) is 56.5 Å². The van der Waals surface area contributed by atoms with Gasteiger partial charge in [0.05, 0.1) is 28.8 Å². The van der Waals surface area contributed by atoms with Gasteiger partial charge in [-0.3, -0.25) is 4.79 Å². The number of aliphatic carboxylic acids is 1. The summed E-state index contributed by atoms with van der Waals surface area (Å²) in [5.41, 5.74) is 1.71. The third-order valence-electron chi connectivity index (χ3n) is 3.68. The number of fused-ring (bicyclic) bond motifs is 1. The second-order valence-electron chi connectivity index (χ2n) is 5.22. The Morgan fingerprint density at radius 3 is 2.57 bits per heavy atom. The Morgan fingerprint density at radius 2 is 1.96 bits per heavy atom. The molecule has 0 unspecified atom stereocenters. The Balaban J connectivity index is 2.30. The first kappa shape index (κ1) is 15.3. The molecule has 0 amide bonds. The van der Waals surface area contributed by atoms with E-state index in [9.17, 15) is 9.59 Å². The van der Waals surface area contributed by atoms with Crippen LogP contribution in [-0.2, 0) is 11.2 Å². The van der Waals surface area contributed by atoms with Crippen molar-refractivity contribution in [1.82, 2.24) is 9.78 Å². The minimum atomic E-state index is -1.08. The molecule has 1 N–H and O–H groups in total. The van der Waals surface area contributed by atoms with E-state index in [1.165, 1.54) is 4.68 Å². The number of aryl methyl sites for hydroxylation is 2. The Morgan fingerprint density at radius 1 is 1.30 bits per heavy atom. The molecule has 6 nitrogen and oxygen atoms in total. The summed E-state index contributed by atoms with van der Waals surface area (Å²) in [6.07, 6.45) is -0.379. The fourth-order valence-electron chi connectivity index (χ4n) is 2.60. The van der Waals surface area contributed by atoms with Crippen molar-refractivity contribution >= 4 is 28.7 Å². The van der Waals surface area contributed by atoms with Crippen LogP contribution in [0.2, 0.25) is 5.02 Å². The normalized spacial score (nSPS) is 11.1. The molecule has 0 saturated heterocycles. The smallest absolute Gasteiger partial charge is 0.341 e. The molecule has 1 aromatic carbocycles. The molecule has 0 aliphatic carbocycles. The van der Waals surface area contributed by atoms with Crippen molar-refractivity contribution in [1.29, 1.82) is 0 Å². The molecule has 2 aromatic heterocycles. The summed E-state index contributed by atoms with van der Waals surface area (Å²) in [7, 11) is 0. The molecule has 2 heterocycles. The summed E-state index contributed by atoms with van der Waals surface area (Å²) >= 11 is 5.88. The number of carboxylic acids is 1. The van der Waals surface area contributed by atoms with Gasteiger partial charge in [-0.25, -0.2) is 4.79 Å². The zero-order valence-corrected chi connectivity index (χ0v) is 13.2. The second kappa shape index (κ2) is 5.55. The van der Waals surface area contributed by atoms with E-state index in [1.807, 2.05) is 0 Å². The summed E-state index contributed by atoms with van der Waals surface area (Å²) in [6.45, 7) is 3.49. The lowest BCUT2D eigenvalue weighted by molar-refractivity contribution is -0.136. The quantitative estimate of drug-likeness (QED) is 0.797. The zero-order valence-electron chi connectivity index (χ0n) is 12.5. The summed E-state index contributed by atoms with van der Waals surface area (Å²) < 4.78 is 6.87. The van der Waals surface area contributed by atoms with Crippen LogP contribution in [0.15, 0.2) is 33.5 Å². The van der Waals surface area contributed by atoms with Gasteiger partial charge in [0.2, 0.25) is 5.71 Å². The third-order valence-corrected chi connectivity index (χ3v) is 3.93. The maximum Gasteiger partial charge on any atom is 0.341 e. The fourth-order valence-corrected chi connectivity index (χ4v) is 2.72. The summed E-state index contributed by atoms with van der Waals surface area (Å²) in [4.78, 5) is 23.1. The maximum absolute atomic E-state index is 12.1. The van der Waals surface area contributed by atoms with Crippen LogP contribution in [0, 0.1) is 13.8 Å². The van der Waals surface area contributed by atoms with Gasteiger partial charge in [0.25, 0.3) is 0 Å². The molecule has 0 aliphatic heterocycles. The first-order valence-corrected chi connectivity index (χ1v) is 7.26. The number of benzene rings is 1. The van der Waals surface area contributed by atoms with Crippen LogP contribution >= 0.6 is 11.6 Å². The van der Waals surface area contributed by atoms with Gasteiger partial charge >= 0.3 is 11.6 Å². The van der Waals surface area contributed by atoms with Crippen LogP contribution in [0.25, 0.3) is 16.8 Å². The molecule has 0 spiro atoms. The number of hydrogen-bond donors (Lipinski definition) is 1. The molecule has 23 heavy (non-hydrogen) atoms. The lowest BCUT2D eigenvalue weighted by Crippen LogP contribution is -2.15. The average molecular weight is 333 g/mol. The van der Waals surface area contributed by atoms with Crippen LogP contribution in [0.3, 0.4) is 0 Å². The first-order valence-electron chi connectivity index (χ1n) is 6.88. The molecular formula is C16H13ClN2O4. The first-order chi connectivity index (χ1) is 10.9.